The molecule has 1 N–H and O–H groups in total. The second-order valence-corrected chi connectivity index (χ2v) is 7.77. The summed E-state index contributed by atoms with van der Waals surface area (Å²) >= 11 is 0. The van der Waals surface area contributed by atoms with E-state index in [1.54, 1.807) is 26.4 Å². The molecular formula is C18H23NO4S. The van der Waals surface area contributed by atoms with Gasteiger partial charge in [-0.05, 0) is 62.2 Å². The van der Waals surface area contributed by atoms with E-state index < -0.39 is 15.6 Å². The maximum absolute atomic E-state index is 12.7. The lowest BCUT2D eigenvalue weighted by Crippen LogP contribution is -2.40. The number of methoxy groups -OCH3 is 2. The van der Waals surface area contributed by atoms with Crippen molar-refractivity contribution in [2.75, 3.05) is 14.2 Å². The molecule has 0 atom stereocenters. The van der Waals surface area contributed by atoms with Crippen molar-refractivity contribution in [3.05, 3.63) is 53.6 Å². The lowest BCUT2D eigenvalue weighted by molar-refractivity contribution is 0.411. The van der Waals surface area contributed by atoms with E-state index in [0.29, 0.717) is 5.75 Å². The van der Waals surface area contributed by atoms with Gasteiger partial charge in [0, 0.05) is 0 Å². The molecule has 0 spiro atoms. The van der Waals surface area contributed by atoms with Gasteiger partial charge in [0.05, 0.1) is 24.7 Å². The predicted octanol–water partition coefficient (Wildman–Crippen LogP) is 3.23. The second-order valence-electron chi connectivity index (χ2n) is 6.09. The zero-order valence-corrected chi connectivity index (χ0v) is 15.4. The number of benzene rings is 2. The molecule has 2 aromatic carbocycles. The number of rotatable bonds is 6. The summed E-state index contributed by atoms with van der Waals surface area (Å²) in [6.07, 6.45) is 0. The fraction of sp³-hybridized carbons (Fsp3) is 0.333. The molecule has 2 rings (SSSR count). The molecule has 0 aliphatic rings. The van der Waals surface area contributed by atoms with E-state index in [4.69, 9.17) is 9.47 Å². The van der Waals surface area contributed by atoms with Crippen LogP contribution in [0.5, 0.6) is 11.5 Å². The highest BCUT2D eigenvalue weighted by atomic mass is 32.2. The summed E-state index contributed by atoms with van der Waals surface area (Å²) in [6, 6.07) is 12.1. The van der Waals surface area contributed by atoms with Crippen LogP contribution in [0.25, 0.3) is 0 Å². The molecule has 0 heterocycles. The van der Waals surface area contributed by atoms with E-state index in [-0.39, 0.29) is 4.90 Å². The Morgan fingerprint density at radius 3 is 2.08 bits per heavy atom. The fourth-order valence-electron chi connectivity index (χ4n) is 2.48. The minimum Gasteiger partial charge on any atom is -0.497 e. The Balaban J connectivity index is 2.30. The predicted molar refractivity (Wildman–Crippen MR) is 94.1 cm³/mol. The average molecular weight is 349 g/mol. The second kappa shape index (κ2) is 6.83. The van der Waals surface area contributed by atoms with Crippen molar-refractivity contribution in [3.63, 3.8) is 0 Å². The van der Waals surface area contributed by atoms with Crippen LogP contribution >= 0.6 is 0 Å². The van der Waals surface area contributed by atoms with Crippen LogP contribution in [-0.2, 0) is 15.6 Å². The van der Waals surface area contributed by atoms with Crippen molar-refractivity contribution in [1.29, 1.82) is 0 Å². The SMILES string of the molecule is COc1ccc(C(C)(C)NS(=O)(=O)c2ccc(OC)c(C)c2)cc1. The highest BCUT2D eigenvalue weighted by Gasteiger charge is 2.28. The standard InChI is InChI=1S/C18H23NO4S/c1-13-12-16(10-11-17(13)23-5)24(20,21)19-18(2,3)14-6-8-15(22-4)9-7-14/h6-12,19H,1-5H3. The van der Waals surface area contributed by atoms with Gasteiger partial charge in [0.1, 0.15) is 11.5 Å². The maximum Gasteiger partial charge on any atom is 0.241 e. The molecule has 0 amide bonds. The molecule has 0 fully saturated rings. The normalized spacial score (nSPS) is 12.0. The monoisotopic (exact) mass is 349 g/mol. The van der Waals surface area contributed by atoms with Crippen LogP contribution in [0.2, 0.25) is 0 Å². The van der Waals surface area contributed by atoms with E-state index in [9.17, 15) is 8.42 Å². The summed E-state index contributed by atoms with van der Waals surface area (Å²) in [5.41, 5.74) is 0.846. The molecule has 0 saturated carbocycles. The zero-order valence-electron chi connectivity index (χ0n) is 14.6. The van der Waals surface area contributed by atoms with Crippen molar-refractivity contribution in [1.82, 2.24) is 4.72 Å². The molecule has 6 heteroatoms. The van der Waals surface area contributed by atoms with Crippen LogP contribution < -0.4 is 14.2 Å². The molecule has 0 saturated heterocycles. The summed E-state index contributed by atoms with van der Waals surface area (Å²) in [7, 11) is -0.517. The molecule has 0 aliphatic carbocycles. The molecule has 0 radical (unpaired) electrons. The molecule has 0 aliphatic heterocycles. The zero-order chi connectivity index (χ0) is 18.0. The van der Waals surface area contributed by atoms with Crippen LogP contribution in [0.3, 0.4) is 0 Å². The summed E-state index contributed by atoms with van der Waals surface area (Å²) < 4.78 is 38.5. The summed E-state index contributed by atoms with van der Waals surface area (Å²) in [5.74, 6) is 1.38. The molecule has 2 aromatic rings. The molecule has 130 valence electrons. The van der Waals surface area contributed by atoms with E-state index in [1.165, 1.54) is 6.07 Å². The maximum atomic E-state index is 12.7. The number of ether oxygens (including phenoxy) is 2. The first-order valence-electron chi connectivity index (χ1n) is 7.53. The van der Waals surface area contributed by atoms with Crippen molar-refractivity contribution >= 4 is 10.0 Å². The lowest BCUT2D eigenvalue weighted by atomic mass is 9.96. The Bertz CT molecular complexity index is 811. The molecule has 0 bridgehead atoms. The van der Waals surface area contributed by atoms with Gasteiger partial charge in [0.2, 0.25) is 10.0 Å². The number of aryl methyl sites for hydroxylation is 1. The van der Waals surface area contributed by atoms with Gasteiger partial charge in [0.25, 0.3) is 0 Å². The highest BCUT2D eigenvalue weighted by Crippen LogP contribution is 2.27. The van der Waals surface area contributed by atoms with Gasteiger partial charge in [-0.3, -0.25) is 0 Å². The van der Waals surface area contributed by atoms with Gasteiger partial charge in [-0.2, -0.15) is 0 Å². The Morgan fingerprint density at radius 2 is 1.58 bits per heavy atom. The van der Waals surface area contributed by atoms with E-state index in [0.717, 1.165) is 16.9 Å². The minimum atomic E-state index is -3.67. The van der Waals surface area contributed by atoms with Gasteiger partial charge >= 0.3 is 0 Å². The average Bonchev–Trinajstić information content (AvgIpc) is 2.54. The van der Waals surface area contributed by atoms with Crippen molar-refractivity contribution in [2.45, 2.75) is 31.2 Å². The van der Waals surface area contributed by atoms with Crippen LogP contribution in [-0.4, -0.2) is 22.6 Å². The Kier molecular flexibility index (Phi) is 5.20. The van der Waals surface area contributed by atoms with Gasteiger partial charge < -0.3 is 9.47 Å². The Morgan fingerprint density at radius 1 is 0.958 bits per heavy atom. The summed E-state index contributed by atoms with van der Waals surface area (Å²) in [4.78, 5) is 0.211. The van der Waals surface area contributed by atoms with Crippen LogP contribution in [0, 0.1) is 6.92 Å². The number of sulfonamides is 1. The summed E-state index contributed by atoms with van der Waals surface area (Å²) in [5, 5.41) is 0. The molecule has 0 unspecified atom stereocenters. The first-order chi connectivity index (χ1) is 11.2. The van der Waals surface area contributed by atoms with Gasteiger partial charge in [0.15, 0.2) is 0 Å². The summed E-state index contributed by atoms with van der Waals surface area (Å²) in [6.45, 7) is 5.46. The van der Waals surface area contributed by atoms with Crippen LogP contribution in [0.15, 0.2) is 47.4 Å². The Labute approximate surface area is 143 Å². The van der Waals surface area contributed by atoms with Crippen molar-refractivity contribution in [3.8, 4) is 11.5 Å². The third-order valence-corrected chi connectivity index (χ3v) is 5.53. The number of hydrogen-bond acceptors (Lipinski definition) is 4. The minimum absolute atomic E-state index is 0.211. The van der Waals surface area contributed by atoms with Crippen molar-refractivity contribution < 1.29 is 17.9 Å². The third kappa shape index (κ3) is 3.88. The third-order valence-electron chi connectivity index (χ3n) is 3.88. The quantitative estimate of drug-likeness (QED) is 0.870. The van der Waals surface area contributed by atoms with Crippen LogP contribution in [0.4, 0.5) is 0 Å². The molecule has 5 nitrogen and oxygen atoms in total. The van der Waals surface area contributed by atoms with Gasteiger partial charge in [-0.25, -0.2) is 13.1 Å². The highest BCUT2D eigenvalue weighted by molar-refractivity contribution is 7.89. The number of hydrogen-bond donors (Lipinski definition) is 1. The lowest BCUT2D eigenvalue weighted by Gasteiger charge is -2.27. The van der Waals surface area contributed by atoms with E-state index >= 15 is 0 Å². The molecule has 0 aromatic heterocycles. The van der Waals surface area contributed by atoms with E-state index in [2.05, 4.69) is 4.72 Å². The first kappa shape index (κ1) is 18.3. The smallest absolute Gasteiger partial charge is 0.241 e. The largest absolute Gasteiger partial charge is 0.497 e. The topological polar surface area (TPSA) is 64.6 Å². The molecule has 24 heavy (non-hydrogen) atoms. The first-order valence-corrected chi connectivity index (χ1v) is 9.01. The Hall–Kier alpha value is -2.05. The fourth-order valence-corrected chi connectivity index (χ4v) is 3.97. The van der Waals surface area contributed by atoms with Crippen LogP contribution in [0.1, 0.15) is 25.0 Å². The number of nitrogens with one attached hydrogen (secondary N) is 1. The van der Waals surface area contributed by atoms with Gasteiger partial charge in [-0.1, -0.05) is 12.1 Å². The van der Waals surface area contributed by atoms with Gasteiger partial charge in [-0.15, -0.1) is 0 Å². The molecular weight excluding hydrogens is 326 g/mol. The van der Waals surface area contributed by atoms with E-state index in [1.807, 2.05) is 45.0 Å². The van der Waals surface area contributed by atoms with Crippen molar-refractivity contribution in [2.24, 2.45) is 0 Å².